The number of anilines is 1. The zero-order valence-corrected chi connectivity index (χ0v) is 15.1. The maximum atomic E-state index is 12.5. The molecule has 1 amide bonds. The van der Waals surface area contributed by atoms with Crippen molar-refractivity contribution >= 4 is 11.7 Å². The maximum Gasteiger partial charge on any atom is 0.239 e. The number of aromatic nitrogens is 2. The molecule has 0 spiro atoms. The number of hydrogen-bond acceptors (Lipinski definition) is 4. The van der Waals surface area contributed by atoms with Gasteiger partial charge < -0.3 is 5.32 Å². The van der Waals surface area contributed by atoms with E-state index in [-0.39, 0.29) is 11.3 Å². The number of carbonyl (C=O) groups excluding carboxylic acids is 1. The molecule has 1 aromatic rings. The Morgan fingerprint density at radius 3 is 2.79 bits per heavy atom. The second-order valence-corrected chi connectivity index (χ2v) is 7.83. The fraction of sp³-hybridized carbons (Fsp3) is 0.722. The Morgan fingerprint density at radius 1 is 1.46 bits per heavy atom. The van der Waals surface area contributed by atoms with E-state index in [2.05, 4.69) is 42.2 Å². The van der Waals surface area contributed by atoms with E-state index >= 15 is 0 Å². The van der Waals surface area contributed by atoms with E-state index < -0.39 is 0 Å². The summed E-state index contributed by atoms with van der Waals surface area (Å²) >= 11 is 0. The molecule has 24 heavy (non-hydrogen) atoms. The SMILES string of the molecule is CC(C)(C)CN(CCC#N)CC(=O)Nc1ccnn1C1CCCC1. The van der Waals surface area contributed by atoms with Crippen LogP contribution >= 0.6 is 0 Å². The molecule has 2 rings (SSSR count). The molecule has 6 nitrogen and oxygen atoms in total. The highest BCUT2D eigenvalue weighted by atomic mass is 16.2. The van der Waals surface area contributed by atoms with Crippen LogP contribution in [0, 0.1) is 16.7 Å². The van der Waals surface area contributed by atoms with Gasteiger partial charge in [0, 0.05) is 25.6 Å². The Labute approximate surface area is 144 Å². The number of rotatable bonds is 7. The molecule has 1 saturated carbocycles. The molecule has 0 unspecified atom stereocenters. The Balaban J connectivity index is 1.95. The number of amides is 1. The Kier molecular flexibility index (Phi) is 6.38. The minimum Gasteiger partial charge on any atom is -0.310 e. The standard InChI is InChI=1S/C18H29N5O/c1-18(2,3)14-22(12-6-10-19)13-17(24)21-16-9-11-20-23(16)15-7-4-5-8-15/h9,11,15H,4-8,12-14H2,1-3H3,(H,21,24). The van der Waals surface area contributed by atoms with Gasteiger partial charge in [0.05, 0.1) is 24.9 Å². The lowest BCUT2D eigenvalue weighted by atomic mass is 9.96. The summed E-state index contributed by atoms with van der Waals surface area (Å²) in [6, 6.07) is 4.42. The van der Waals surface area contributed by atoms with E-state index in [1.54, 1.807) is 6.20 Å². The number of nitriles is 1. The van der Waals surface area contributed by atoms with Crippen LogP contribution in [0.3, 0.4) is 0 Å². The van der Waals surface area contributed by atoms with Gasteiger partial charge in [0.1, 0.15) is 5.82 Å². The van der Waals surface area contributed by atoms with Gasteiger partial charge in [0.15, 0.2) is 0 Å². The quantitative estimate of drug-likeness (QED) is 0.832. The average molecular weight is 331 g/mol. The lowest BCUT2D eigenvalue weighted by Crippen LogP contribution is -2.39. The van der Waals surface area contributed by atoms with E-state index in [0.717, 1.165) is 25.2 Å². The summed E-state index contributed by atoms with van der Waals surface area (Å²) in [7, 11) is 0. The third kappa shape index (κ3) is 5.64. The number of hydrogen-bond donors (Lipinski definition) is 1. The summed E-state index contributed by atoms with van der Waals surface area (Å²) in [4.78, 5) is 14.5. The molecule has 1 aromatic heterocycles. The van der Waals surface area contributed by atoms with E-state index in [0.29, 0.717) is 25.6 Å². The van der Waals surface area contributed by atoms with Gasteiger partial charge in [-0.3, -0.25) is 9.69 Å². The maximum absolute atomic E-state index is 12.5. The summed E-state index contributed by atoms with van der Waals surface area (Å²) in [5, 5.41) is 16.2. The smallest absolute Gasteiger partial charge is 0.239 e. The van der Waals surface area contributed by atoms with Crippen molar-refractivity contribution < 1.29 is 4.79 Å². The average Bonchev–Trinajstić information content (AvgIpc) is 3.13. The molecular weight excluding hydrogens is 302 g/mol. The van der Waals surface area contributed by atoms with Crippen LogP contribution in [0.2, 0.25) is 0 Å². The van der Waals surface area contributed by atoms with Crippen LogP contribution in [0.4, 0.5) is 5.82 Å². The molecule has 0 atom stereocenters. The molecule has 1 fully saturated rings. The predicted molar refractivity (Wildman–Crippen MR) is 94.5 cm³/mol. The monoisotopic (exact) mass is 331 g/mol. The first-order valence-corrected chi connectivity index (χ1v) is 8.82. The van der Waals surface area contributed by atoms with Gasteiger partial charge in [-0.05, 0) is 18.3 Å². The minimum atomic E-state index is -0.0445. The van der Waals surface area contributed by atoms with Crippen LogP contribution < -0.4 is 5.32 Å². The molecule has 0 aromatic carbocycles. The van der Waals surface area contributed by atoms with Gasteiger partial charge in [-0.25, -0.2) is 4.68 Å². The highest BCUT2D eigenvalue weighted by Crippen LogP contribution is 2.31. The van der Waals surface area contributed by atoms with Crippen molar-refractivity contribution in [1.29, 1.82) is 5.26 Å². The first-order chi connectivity index (χ1) is 11.4. The molecule has 0 bridgehead atoms. The fourth-order valence-corrected chi connectivity index (χ4v) is 3.33. The summed E-state index contributed by atoms with van der Waals surface area (Å²) in [6.45, 7) is 8.11. The van der Waals surface area contributed by atoms with Crippen LogP contribution in [-0.4, -0.2) is 40.2 Å². The van der Waals surface area contributed by atoms with Crippen molar-refractivity contribution in [2.24, 2.45) is 5.41 Å². The number of carbonyl (C=O) groups is 1. The summed E-state index contributed by atoms with van der Waals surface area (Å²) in [5.74, 6) is 0.736. The van der Waals surface area contributed by atoms with Crippen LogP contribution in [0.5, 0.6) is 0 Å². The van der Waals surface area contributed by atoms with Gasteiger partial charge in [-0.2, -0.15) is 10.4 Å². The van der Waals surface area contributed by atoms with Crippen molar-refractivity contribution in [3.8, 4) is 6.07 Å². The van der Waals surface area contributed by atoms with Gasteiger partial charge in [-0.1, -0.05) is 33.6 Å². The third-order valence-corrected chi connectivity index (χ3v) is 4.21. The van der Waals surface area contributed by atoms with Crippen LogP contribution in [0.15, 0.2) is 12.3 Å². The summed E-state index contributed by atoms with van der Waals surface area (Å²) in [6.07, 6.45) is 6.89. The van der Waals surface area contributed by atoms with Crippen molar-refractivity contribution in [2.45, 2.75) is 58.9 Å². The highest BCUT2D eigenvalue weighted by molar-refractivity contribution is 5.91. The zero-order valence-electron chi connectivity index (χ0n) is 15.1. The first-order valence-electron chi connectivity index (χ1n) is 8.82. The van der Waals surface area contributed by atoms with Crippen molar-refractivity contribution in [1.82, 2.24) is 14.7 Å². The van der Waals surface area contributed by atoms with Crippen LogP contribution in [0.1, 0.15) is 58.9 Å². The van der Waals surface area contributed by atoms with Crippen molar-refractivity contribution in [3.05, 3.63) is 12.3 Å². The number of nitrogens with zero attached hydrogens (tertiary/aromatic N) is 4. The molecule has 1 N–H and O–H groups in total. The third-order valence-electron chi connectivity index (χ3n) is 4.21. The Hall–Kier alpha value is -1.87. The molecule has 0 radical (unpaired) electrons. The second-order valence-electron chi connectivity index (χ2n) is 7.83. The predicted octanol–water partition coefficient (Wildman–Crippen LogP) is 3.20. The Bertz CT molecular complexity index is 575. The van der Waals surface area contributed by atoms with E-state index in [4.69, 9.17) is 5.26 Å². The lowest BCUT2D eigenvalue weighted by Gasteiger charge is -2.28. The highest BCUT2D eigenvalue weighted by Gasteiger charge is 2.22. The lowest BCUT2D eigenvalue weighted by molar-refractivity contribution is -0.117. The second kappa shape index (κ2) is 8.29. The van der Waals surface area contributed by atoms with E-state index in [1.165, 1.54) is 12.8 Å². The van der Waals surface area contributed by atoms with E-state index in [9.17, 15) is 4.79 Å². The molecule has 0 aliphatic heterocycles. The van der Waals surface area contributed by atoms with Crippen molar-refractivity contribution in [2.75, 3.05) is 25.0 Å². The Morgan fingerprint density at radius 2 is 2.17 bits per heavy atom. The zero-order chi connectivity index (χ0) is 17.6. The normalized spacial score (nSPS) is 15.6. The molecule has 6 heteroatoms. The van der Waals surface area contributed by atoms with Gasteiger partial charge in [0.2, 0.25) is 5.91 Å². The molecular formula is C18H29N5O. The molecule has 1 heterocycles. The van der Waals surface area contributed by atoms with Gasteiger partial charge in [-0.15, -0.1) is 0 Å². The van der Waals surface area contributed by atoms with Crippen LogP contribution in [0.25, 0.3) is 0 Å². The minimum absolute atomic E-state index is 0.0445. The molecule has 1 aliphatic carbocycles. The summed E-state index contributed by atoms with van der Waals surface area (Å²) in [5.41, 5.74) is 0.0847. The van der Waals surface area contributed by atoms with E-state index in [1.807, 2.05) is 10.7 Å². The van der Waals surface area contributed by atoms with Gasteiger partial charge >= 0.3 is 0 Å². The summed E-state index contributed by atoms with van der Waals surface area (Å²) < 4.78 is 1.95. The van der Waals surface area contributed by atoms with Crippen LogP contribution in [-0.2, 0) is 4.79 Å². The topological polar surface area (TPSA) is 74.0 Å². The van der Waals surface area contributed by atoms with Crippen molar-refractivity contribution in [3.63, 3.8) is 0 Å². The number of nitrogens with one attached hydrogen (secondary N) is 1. The molecule has 0 saturated heterocycles. The molecule has 1 aliphatic rings. The molecule has 132 valence electrons. The van der Waals surface area contributed by atoms with Gasteiger partial charge in [0.25, 0.3) is 0 Å². The fourth-order valence-electron chi connectivity index (χ4n) is 3.33. The first kappa shape index (κ1) is 18.5. The largest absolute Gasteiger partial charge is 0.310 e.